The van der Waals surface area contributed by atoms with Crippen LogP contribution in [0, 0.1) is 10.1 Å². The minimum atomic E-state index is -0.382. The molecule has 2 aliphatic heterocycles. The molecule has 1 aromatic carbocycles. The fraction of sp³-hybridized carbons (Fsp3) is 0.391. The number of benzene rings is 1. The van der Waals surface area contributed by atoms with Crippen molar-refractivity contribution in [2.45, 2.75) is 19.4 Å². The number of anilines is 1. The van der Waals surface area contributed by atoms with Gasteiger partial charge in [-0.25, -0.2) is 4.98 Å². The van der Waals surface area contributed by atoms with E-state index in [4.69, 9.17) is 4.42 Å². The molecule has 5 rings (SSSR count). The largest absolute Gasteiger partial charge is 0.462 e. The number of furan rings is 1. The second-order valence-corrected chi connectivity index (χ2v) is 9.20. The average molecular weight is 468 g/mol. The van der Waals surface area contributed by atoms with Crippen LogP contribution in [0.25, 0.3) is 10.8 Å². The van der Waals surface area contributed by atoms with E-state index in [9.17, 15) is 14.9 Å². The van der Waals surface area contributed by atoms with Crippen LogP contribution >= 0.6 is 11.3 Å². The van der Waals surface area contributed by atoms with Gasteiger partial charge in [-0.3, -0.25) is 19.8 Å². The highest BCUT2D eigenvalue weighted by Crippen LogP contribution is 2.32. The molecule has 9 nitrogen and oxygen atoms in total. The van der Waals surface area contributed by atoms with Crippen molar-refractivity contribution in [3.63, 3.8) is 0 Å². The van der Waals surface area contributed by atoms with Crippen molar-refractivity contribution in [3.05, 3.63) is 63.3 Å². The van der Waals surface area contributed by atoms with E-state index in [1.807, 2.05) is 22.4 Å². The highest BCUT2D eigenvalue weighted by Gasteiger charge is 2.27. The van der Waals surface area contributed by atoms with Crippen LogP contribution in [-0.2, 0) is 6.54 Å². The summed E-state index contributed by atoms with van der Waals surface area (Å²) in [4.78, 5) is 35.1. The molecule has 0 radical (unpaired) electrons. The van der Waals surface area contributed by atoms with Gasteiger partial charge in [0, 0.05) is 62.8 Å². The maximum absolute atomic E-state index is 13.1. The molecule has 2 fully saturated rings. The van der Waals surface area contributed by atoms with Gasteiger partial charge in [0.15, 0.2) is 10.8 Å². The first-order chi connectivity index (χ1) is 16.1. The van der Waals surface area contributed by atoms with Crippen LogP contribution < -0.4 is 4.90 Å². The Kier molecular flexibility index (Phi) is 6.10. The standard InChI is InChI=1S/C23H25N5O4S/c29-23(17-5-6-19(20(14-17)28(30)31)26-7-1-2-8-26)27-11-9-25(10-12-27)15-18-16-33-22(24-18)21-4-3-13-32-21/h3-6,13-14,16H,1-2,7-12,15H2. The zero-order chi connectivity index (χ0) is 22.8. The molecule has 0 atom stereocenters. The van der Waals surface area contributed by atoms with Crippen LogP contribution in [0.3, 0.4) is 0 Å². The molecule has 0 aliphatic carbocycles. The second kappa shape index (κ2) is 9.32. The third kappa shape index (κ3) is 4.62. The zero-order valence-electron chi connectivity index (χ0n) is 18.2. The van der Waals surface area contributed by atoms with Crippen molar-refractivity contribution in [1.29, 1.82) is 0 Å². The highest BCUT2D eigenvalue weighted by atomic mass is 32.1. The van der Waals surface area contributed by atoms with Gasteiger partial charge in [0.1, 0.15) is 5.69 Å². The molecule has 0 spiro atoms. The van der Waals surface area contributed by atoms with Gasteiger partial charge in [0.2, 0.25) is 0 Å². The molecule has 1 amide bonds. The van der Waals surface area contributed by atoms with Crippen LogP contribution in [0.15, 0.2) is 46.4 Å². The molecule has 0 N–H and O–H groups in total. The number of hydrogen-bond acceptors (Lipinski definition) is 8. The second-order valence-electron chi connectivity index (χ2n) is 8.34. The van der Waals surface area contributed by atoms with E-state index >= 15 is 0 Å². The molecule has 172 valence electrons. The third-order valence-corrected chi connectivity index (χ3v) is 7.10. The Morgan fingerprint density at radius 2 is 1.91 bits per heavy atom. The number of carbonyl (C=O) groups excluding carboxylic acids is 1. The number of carbonyl (C=O) groups is 1. The predicted molar refractivity (Wildman–Crippen MR) is 126 cm³/mol. The zero-order valence-corrected chi connectivity index (χ0v) is 19.0. The lowest BCUT2D eigenvalue weighted by Gasteiger charge is -2.34. The normalized spacial score (nSPS) is 17.0. The molecule has 10 heteroatoms. The number of amides is 1. The molecule has 0 bridgehead atoms. The molecular weight excluding hydrogens is 442 g/mol. The van der Waals surface area contributed by atoms with Crippen LogP contribution in [0.2, 0.25) is 0 Å². The predicted octanol–water partition coefficient (Wildman–Crippen LogP) is 3.87. The van der Waals surface area contributed by atoms with Crippen molar-refractivity contribution in [3.8, 4) is 10.8 Å². The van der Waals surface area contributed by atoms with Gasteiger partial charge in [0.05, 0.1) is 16.9 Å². The van der Waals surface area contributed by atoms with Crippen molar-refractivity contribution in [2.75, 3.05) is 44.2 Å². The number of aromatic nitrogens is 1. The number of hydrogen-bond donors (Lipinski definition) is 0. The van der Waals surface area contributed by atoms with E-state index in [2.05, 4.69) is 9.88 Å². The van der Waals surface area contributed by atoms with Crippen LogP contribution in [0.1, 0.15) is 28.9 Å². The lowest BCUT2D eigenvalue weighted by atomic mass is 10.1. The molecule has 3 aromatic rings. The van der Waals surface area contributed by atoms with E-state index < -0.39 is 0 Å². The van der Waals surface area contributed by atoms with Crippen molar-refractivity contribution >= 4 is 28.6 Å². The van der Waals surface area contributed by atoms with Gasteiger partial charge < -0.3 is 14.2 Å². The van der Waals surface area contributed by atoms with E-state index in [0.717, 1.165) is 62.0 Å². The number of piperazine rings is 1. The van der Waals surface area contributed by atoms with E-state index in [1.54, 1.807) is 34.6 Å². The lowest BCUT2D eigenvalue weighted by Crippen LogP contribution is -2.48. The maximum Gasteiger partial charge on any atom is 0.293 e. The first-order valence-corrected chi connectivity index (χ1v) is 12.0. The molecule has 2 aliphatic rings. The van der Waals surface area contributed by atoms with Crippen molar-refractivity contribution in [1.82, 2.24) is 14.8 Å². The van der Waals surface area contributed by atoms with Gasteiger partial charge in [-0.2, -0.15) is 0 Å². The number of nitrogens with zero attached hydrogens (tertiary/aromatic N) is 5. The summed E-state index contributed by atoms with van der Waals surface area (Å²) in [7, 11) is 0. The van der Waals surface area contributed by atoms with E-state index in [-0.39, 0.29) is 16.5 Å². The molecule has 2 saturated heterocycles. The topological polar surface area (TPSA) is 96.0 Å². The molecule has 2 aromatic heterocycles. The molecular formula is C23H25N5O4S. The molecule has 33 heavy (non-hydrogen) atoms. The lowest BCUT2D eigenvalue weighted by molar-refractivity contribution is -0.384. The van der Waals surface area contributed by atoms with Gasteiger partial charge in [-0.15, -0.1) is 11.3 Å². The van der Waals surface area contributed by atoms with Gasteiger partial charge in [0.25, 0.3) is 11.6 Å². The molecule has 0 unspecified atom stereocenters. The minimum absolute atomic E-state index is 0.0114. The Labute approximate surface area is 195 Å². The third-order valence-electron chi connectivity index (χ3n) is 6.19. The first kappa shape index (κ1) is 21.6. The Balaban J connectivity index is 1.21. The summed E-state index contributed by atoms with van der Waals surface area (Å²) in [5.41, 5.74) is 1.98. The number of thiazole rings is 1. The number of rotatable bonds is 6. The fourth-order valence-corrected chi connectivity index (χ4v) is 5.22. The van der Waals surface area contributed by atoms with Gasteiger partial charge in [-0.1, -0.05) is 0 Å². The van der Waals surface area contributed by atoms with Crippen LogP contribution in [0.5, 0.6) is 0 Å². The maximum atomic E-state index is 13.1. The highest BCUT2D eigenvalue weighted by molar-refractivity contribution is 7.13. The summed E-state index contributed by atoms with van der Waals surface area (Å²) in [6.45, 7) is 4.97. The quantitative estimate of drug-likeness (QED) is 0.401. The SMILES string of the molecule is O=C(c1ccc(N2CCCC2)c([N+](=O)[O-])c1)N1CCN(Cc2csc(-c3ccco3)n2)CC1. The van der Waals surface area contributed by atoms with E-state index in [1.165, 1.54) is 6.07 Å². The summed E-state index contributed by atoms with van der Waals surface area (Å²) in [6, 6.07) is 8.64. The summed E-state index contributed by atoms with van der Waals surface area (Å²) >= 11 is 1.56. The van der Waals surface area contributed by atoms with Crippen molar-refractivity contribution in [2.24, 2.45) is 0 Å². The summed E-state index contributed by atoms with van der Waals surface area (Å²) in [5, 5.41) is 14.6. The first-order valence-electron chi connectivity index (χ1n) is 11.1. The van der Waals surface area contributed by atoms with Crippen LogP contribution in [-0.4, -0.2) is 64.9 Å². The number of nitro groups is 1. The Morgan fingerprint density at radius 3 is 2.61 bits per heavy atom. The number of nitro benzene ring substituents is 1. The van der Waals surface area contributed by atoms with Gasteiger partial charge in [-0.05, 0) is 37.1 Å². The summed E-state index contributed by atoms with van der Waals surface area (Å²) < 4.78 is 5.41. The summed E-state index contributed by atoms with van der Waals surface area (Å²) in [5.74, 6) is 0.617. The Bertz CT molecular complexity index is 1130. The van der Waals surface area contributed by atoms with E-state index in [0.29, 0.717) is 24.3 Å². The van der Waals surface area contributed by atoms with Gasteiger partial charge >= 0.3 is 0 Å². The monoisotopic (exact) mass is 467 g/mol. The Morgan fingerprint density at radius 1 is 1.12 bits per heavy atom. The van der Waals surface area contributed by atoms with Crippen LogP contribution in [0.4, 0.5) is 11.4 Å². The molecule has 0 saturated carbocycles. The fourth-order valence-electron chi connectivity index (χ4n) is 4.44. The minimum Gasteiger partial charge on any atom is -0.462 e. The molecule has 4 heterocycles. The average Bonchev–Trinajstić information content (AvgIpc) is 3.61. The summed E-state index contributed by atoms with van der Waals surface area (Å²) in [6.07, 6.45) is 3.71. The van der Waals surface area contributed by atoms with Crippen molar-refractivity contribution < 1.29 is 14.1 Å². The smallest absolute Gasteiger partial charge is 0.293 e. The Hall–Kier alpha value is -3.24.